The van der Waals surface area contributed by atoms with Crippen molar-refractivity contribution in [2.45, 2.75) is 19.9 Å². The smallest absolute Gasteiger partial charge is 0.408 e. The van der Waals surface area contributed by atoms with E-state index in [4.69, 9.17) is 9.15 Å². The summed E-state index contributed by atoms with van der Waals surface area (Å²) in [5.41, 5.74) is 3.43. The van der Waals surface area contributed by atoms with E-state index < -0.39 is 0 Å². The molecule has 1 aliphatic rings. The second-order valence-electron chi connectivity index (χ2n) is 8.27. The largest absolute Gasteiger partial charge is 0.419 e. The summed E-state index contributed by atoms with van der Waals surface area (Å²) in [7, 11) is 0. The second-order valence-corrected chi connectivity index (χ2v) is 8.27. The third-order valence-corrected chi connectivity index (χ3v) is 5.85. The Labute approximate surface area is 195 Å². The number of ether oxygens (including phenoxy) is 1. The normalized spacial score (nSPS) is 14.5. The van der Waals surface area contributed by atoms with Crippen LogP contribution in [0.4, 0.5) is 17.2 Å². The summed E-state index contributed by atoms with van der Waals surface area (Å²) in [6, 6.07) is 11.0. The SMILES string of the molecule is CC(=O)Nc1ccc(Nc2ncnc3cc4oc(=O)n(CCCN5CCOCC5)c4cc23)cc1. The molecule has 2 aromatic carbocycles. The Hall–Kier alpha value is -3.76. The third kappa shape index (κ3) is 4.78. The van der Waals surface area contributed by atoms with Crippen LogP contribution in [0.1, 0.15) is 13.3 Å². The molecular weight excluding hydrogens is 436 g/mol. The average molecular weight is 463 g/mol. The molecule has 10 nitrogen and oxygen atoms in total. The molecule has 2 aromatic heterocycles. The third-order valence-electron chi connectivity index (χ3n) is 5.85. The zero-order valence-electron chi connectivity index (χ0n) is 18.9. The van der Waals surface area contributed by atoms with Crippen LogP contribution < -0.4 is 16.4 Å². The highest BCUT2D eigenvalue weighted by atomic mass is 16.5. The van der Waals surface area contributed by atoms with Gasteiger partial charge in [0.15, 0.2) is 5.58 Å². The van der Waals surface area contributed by atoms with E-state index in [1.807, 2.05) is 30.3 Å². The number of aromatic nitrogens is 3. The molecule has 1 aliphatic heterocycles. The summed E-state index contributed by atoms with van der Waals surface area (Å²) >= 11 is 0. The zero-order chi connectivity index (χ0) is 23.5. The van der Waals surface area contributed by atoms with E-state index in [1.165, 1.54) is 13.3 Å². The maximum Gasteiger partial charge on any atom is 0.419 e. The number of nitrogens with zero attached hydrogens (tertiary/aromatic N) is 4. The van der Waals surface area contributed by atoms with Crippen LogP contribution in [-0.2, 0) is 16.1 Å². The molecule has 4 aromatic rings. The van der Waals surface area contributed by atoms with Crippen LogP contribution in [0, 0.1) is 0 Å². The van der Waals surface area contributed by atoms with E-state index in [1.54, 1.807) is 10.6 Å². The standard InChI is InChI=1S/C24H26N6O4/c1-16(31)27-17-3-5-18(6-4-17)28-23-19-13-21-22(14-20(19)25-15-26-23)34-24(32)30(21)8-2-7-29-9-11-33-12-10-29/h3-6,13-15H,2,7-12H2,1H3,(H,27,31)(H,25,26,28). The number of rotatable bonds is 7. The first kappa shape index (κ1) is 22.1. The lowest BCUT2D eigenvalue weighted by molar-refractivity contribution is -0.114. The number of anilines is 3. The number of fused-ring (bicyclic) bond motifs is 2. The van der Waals surface area contributed by atoms with E-state index in [2.05, 4.69) is 25.5 Å². The Balaban J connectivity index is 1.40. The number of carbonyl (C=O) groups is 1. The van der Waals surface area contributed by atoms with Gasteiger partial charge in [-0.3, -0.25) is 14.3 Å². The number of nitrogens with one attached hydrogen (secondary N) is 2. The average Bonchev–Trinajstić information content (AvgIpc) is 3.13. The van der Waals surface area contributed by atoms with Crippen LogP contribution in [0.2, 0.25) is 0 Å². The Bertz CT molecular complexity index is 1370. The molecule has 1 fully saturated rings. The molecule has 34 heavy (non-hydrogen) atoms. The Morgan fingerprint density at radius 3 is 2.59 bits per heavy atom. The molecule has 1 amide bonds. The van der Waals surface area contributed by atoms with Gasteiger partial charge in [-0.1, -0.05) is 0 Å². The quantitative estimate of drug-likeness (QED) is 0.431. The fourth-order valence-electron chi connectivity index (χ4n) is 4.18. The topological polar surface area (TPSA) is 115 Å². The van der Waals surface area contributed by atoms with Crippen molar-refractivity contribution >= 4 is 45.1 Å². The number of hydrogen-bond acceptors (Lipinski definition) is 8. The lowest BCUT2D eigenvalue weighted by atomic mass is 10.2. The molecule has 1 saturated heterocycles. The van der Waals surface area contributed by atoms with Crippen molar-refractivity contribution < 1.29 is 13.9 Å². The Morgan fingerprint density at radius 1 is 1.06 bits per heavy atom. The number of amides is 1. The van der Waals surface area contributed by atoms with Crippen molar-refractivity contribution in [3.8, 4) is 0 Å². The maximum atomic E-state index is 12.6. The molecule has 0 bridgehead atoms. The van der Waals surface area contributed by atoms with Gasteiger partial charge in [0.2, 0.25) is 5.91 Å². The van der Waals surface area contributed by atoms with E-state index in [0.29, 0.717) is 29.1 Å². The predicted octanol–water partition coefficient (Wildman–Crippen LogP) is 2.96. The second kappa shape index (κ2) is 9.62. The number of morpholine rings is 1. The lowest BCUT2D eigenvalue weighted by Crippen LogP contribution is -2.37. The monoisotopic (exact) mass is 462 g/mol. The minimum absolute atomic E-state index is 0.123. The lowest BCUT2D eigenvalue weighted by Gasteiger charge is -2.26. The van der Waals surface area contributed by atoms with Crippen molar-refractivity contribution in [3.63, 3.8) is 0 Å². The molecule has 176 valence electrons. The summed E-state index contributed by atoms with van der Waals surface area (Å²) in [6.45, 7) is 6.29. The molecule has 10 heteroatoms. The molecule has 0 aliphatic carbocycles. The number of oxazole rings is 1. The van der Waals surface area contributed by atoms with Crippen LogP contribution in [0.3, 0.4) is 0 Å². The van der Waals surface area contributed by atoms with Crippen molar-refractivity contribution in [1.29, 1.82) is 0 Å². The van der Waals surface area contributed by atoms with Crippen LogP contribution in [0.5, 0.6) is 0 Å². The highest BCUT2D eigenvalue weighted by molar-refractivity contribution is 5.98. The van der Waals surface area contributed by atoms with Gasteiger partial charge in [0, 0.05) is 55.9 Å². The predicted molar refractivity (Wildman–Crippen MR) is 129 cm³/mol. The highest BCUT2D eigenvalue weighted by Gasteiger charge is 2.15. The van der Waals surface area contributed by atoms with Gasteiger partial charge in [-0.25, -0.2) is 14.8 Å². The molecule has 2 N–H and O–H groups in total. The first-order valence-corrected chi connectivity index (χ1v) is 11.3. The Morgan fingerprint density at radius 2 is 1.82 bits per heavy atom. The minimum Gasteiger partial charge on any atom is -0.408 e. The number of carbonyl (C=O) groups excluding carboxylic acids is 1. The van der Waals surface area contributed by atoms with Gasteiger partial charge in [-0.2, -0.15) is 0 Å². The van der Waals surface area contributed by atoms with Crippen LogP contribution in [0.25, 0.3) is 22.0 Å². The summed E-state index contributed by atoms with van der Waals surface area (Å²) in [5.74, 6) is 0.124. The number of benzene rings is 2. The van der Waals surface area contributed by atoms with E-state index in [0.717, 1.165) is 55.9 Å². The molecule has 3 heterocycles. The van der Waals surface area contributed by atoms with Gasteiger partial charge in [0.05, 0.1) is 24.2 Å². The summed E-state index contributed by atoms with van der Waals surface area (Å²) in [4.78, 5) is 34.9. The van der Waals surface area contributed by atoms with E-state index >= 15 is 0 Å². The van der Waals surface area contributed by atoms with E-state index in [-0.39, 0.29) is 11.7 Å². The molecule has 0 saturated carbocycles. The fraction of sp³-hybridized carbons (Fsp3) is 0.333. The number of hydrogen-bond donors (Lipinski definition) is 2. The Kier molecular flexibility index (Phi) is 6.24. The highest BCUT2D eigenvalue weighted by Crippen LogP contribution is 2.28. The minimum atomic E-state index is -0.372. The van der Waals surface area contributed by atoms with Crippen molar-refractivity contribution in [1.82, 2.24) is 19.4 Å². The first-order chi connectivity index (χ1) is 16.6. The van der Waals surface area contributed by atoms with Gasteiger partial charge < -0.3 is 19.8 Å². The first-order valence-electron chi connectivity index (χ1n) is 11.3. The summed E-state index contributed by atoms with van der Waals surface area (Å²) < 4.78 is 12.6. The van der Waals surface area contributed by atoms with Gasteiger partial charge >= 0.3 is 5.76 Å². The van der Waals surface area contributed by atoms with Crippen LogP contribution in [-0.4, -0.2) is 58.2 Å². The molecular formula is C24H26N6O4. The van der Waals surface area contributed by atoms with Gasteiger partial charge in [-0.05, 0) is 36.8 Å². The molecule has 5 rings (SSSR count). The fourth-order valence-corrected chi connectivity index (χ4v) is 4.18. The van der Waals surface area contributed by atoms with Gasteiger partial charge in [0.25, 0.3) is 0 Å². The van der Waals surface area contributed by atoms with Crippen LogP contribution >= 0.6 is 0 Å². The van der Waals surface area contributed by atoms with Crippen molar-refractivity contribution in [2.75, 3.05) is 43.5 Å². The van der Waals surface area contributed by atoms with Crippen LogP contribution in [0.15, 0.2) is 51.9 Å². The summed E-state index contributed by atoms with van der Waals surface area (Å²) in [5, 5.41) is 6.83. The van der Waals surface area contributed by atoms with Gasteiger partial charge in [0.1, 0.15) is 12.1 Å². The zero-order valence-corrected chi connectivity index (χ0v) is 18.9. The molecule has 0 atom stereocenters. The molecule has 0 unspecified atom stereocenters. The molecule has 0 radical (unpaired) electrons. The van der Waals surface area contributed by atoms with Crippen molar-refractivity contribution in [2.24, 2.45) is 0 Å². The molecule has 0 spiro atoms. The summed E-state index contributed by atoms with van der Waals surface area (Å²) in [6.07, 6.45) is 2.31. The van der Waals surface area contributed by atoms with Crippen molar-refractivity contribution in [3.05, 3.63) is 53.3 Å². The van der Waals surface area contributed by atoms with Gasteiger partial charge in [-0.15, -0.1) is 0 Å². The van der Waals surface area contributed by atoms with E-state index in [9.17, 15) is 9.59 Å². The maximum absolute atomic E-state index is 12.6. The number of aryl methyl sites for hydroxylation is 1.